The first-order valence-corrected chi connectivity index (χ1v) is 10.2. The number of aromatic nitrogens is 2. The van der Waals surface area contributed by atoms with Crippen molar-refractivity contribution in [1.29, 1.82) is 0 Å². The van der Waals surface area contributed by atoms with Crippen molar-refractivity contribution in [3.05, 3.63) is 48.0 Å². The van der Waals surface area contributed by atoms with Gasteiger partial charge in [0.1, 0.15) is 16.8 Å². The molecule has 0 saturated carbocycles. The van der Waals surface area contributed by atoms with Crippen LogP contribution in [0.1, 0.15) is 12.5 Å². The normalized spacial score (nSPS) is 17.0. The first-order valence-electron chi connectivity index (χ1n) is 7.81. The fourth-order valence-corrected chi connectivity index (χ4v) is 5.25. The minimum atomic E-state index is -3.81. The van der Waals surface area contributed by atoms with Crippen LogP contribution < -0.4 is 4.90 Å². The minimum Gasteiger partial charge on any atom is -0.308 e. The van der Waals surface area contributed by atoms with Crippen LogP contribution in [-0.4, -0.2) is 34.9 Å². The van der Waals surface area contributed by atoms with Gasteiger partial charge < -0.3 is 4.90 Å². The molecule has 1 amide bonds. The van der Waals surface area contributed by atoms with Gasteiger partial charge in [-0.05, 0) is 37.1 Å². The van der Waals surface area contributed by atoms with E-state index in [9.17, 15) is 13.2 Å². The number of sulfone groups is 1. The van der Waals surface area contributed by atoms with E-state index in [-0.39, 0.29) is 10.9 Å². The second-order valence-electron chi connectivity index (χ2n) is 6.09. The lowest BCUT2D eigenvalue weighted by Crippen LogP contribution is -2.39. The summed E-state index contributed by atoms with van der Waals surface area (Å²) < 4.78 is 33.8. The van der Waals surface area contributed by atoms with Crippen molar-refractivity contribution in [3.63, 3.8) is 0 Å². The molecule has 0 bridgehead atoms. The smallest absolute Gasteiger partial charge is 0.242 e. The molecule has 2 aromatic carbocycles. The zero-order chi connectivity index (χ0) is 17.6. The van der Waals surface area contributed by atoms with Gasteiger partial charge in [-0.15, -0.1) is 0 Å². The van der Waals surface area contributed by atoms with Gasteiger partial charge in [-0.2, -0.15) is 8.75 Å². The SMILES string of the molecule is C[C@@H]1Cc2ccccc2N1C(=O)CS(=O)(=O)c1cccc2nsnc12. The average molecular weight is 373 g/mol. The number of rotatable bonds is 3. The van der Waals surface area contributed by atoms with Crippen LogP contribution in [0.15, 0.2) is 47.4 Å². The van der Waals surface area contributed by atoms with Gasteiger partial charge in [0, 0.05) is 11.7 Å². The highest BCUT2D eigenvalue weighted by atomic mass is 32.2. The molecule has 1 aromatic heterocycles. The predicted molar refractivity (Wildman–Crippen MR) is 96.6 cm³/mol. The van der Waals surface area contributed by atoms with Gasteiger partial charge in [-0.3, -0.25) is 4.79 Å². The van der Waals surface area contributed by atoms with E-state index >= 15 is 0 Å². The molecule has 8 heteroatoms. The summed E-state index contributed by atoms with van der Waals surface area (Å²) in [6.45, 7) is 1.93. The van der Waals surface area contributed by atoms with Gasteiger partial charge in [0.2, 0.25) is 5.91 Å². The maximum Gasteiger partial charge on any atom is 0.242 e. The molecular weight excluding hydrogens is 358 g/mol. The molecule has 0 fully saturated rings. The number of nitrogens with zero attached hydrogens (tertiary/aromatic N) is 3. The van der Waals surface area contributed by atoms with Gasteiger partial charge in [0.25, 0.3) is 0 Å². The first-order chi connectivity index (χ1) is 12.0. The van der Waals surface area contributed by atoms with Crippen molar-refractivity contribution in [2.45, 2.75) is 24.3 Å². The Balaban J connectivity index is 1.68. The lowest BCUT2D eigenvalue weighted by Gasteiger charge is -2.22. The number of para-hydroxylation sites is 1. The molecule has 25 heavy (non-hydrogen) atoms. The lowest BCUT2D eigenvalue weighted by molar-refractivity contribution is -0.116. The third-order valence-corrected chi connectivity index (χ3v) is 6.54. The second-order valence-corrected chi connectivity index (χ2v) is 8.58. The quantitative estimate of drug-likeness (QED) is 0.704. The van der Waals surface area contributed by atoms with Crippen LogP contribution in [-0.2, 0) is 21.1 Å². The number of carbonyl (C=O) groups excluding carboxylic acids is 1. The second kappa shape index (κ2) is 5.89. The van der Waals surface area contributed by atoms with Gasteiger partial charge in [0.15, 0.2) is 9.84 Å². The predicted octanol–water partition coefficient (Wildman–Crippen LogP) is 2.44. The fraction of sp³-hybridized carbons (Fsp3) is 0.235. The van der Waals surface area contributed by atoms with E-state index in [1.807, 2.05) is 31.2 Å². The number of anilines is 1. The van der Waals surface area contributed by atoms with Crippen LogP contribution in [0.25, 0.3) is 11.0 Å². The molecule has 3 aromatic rings. The van der Waals surface area contributed by atoms with Crippen molar-refractivity contribution >= 4 is 44.2 Å². The van der Waals surface area contributed by atoms with E-state index in [1.54, 1.807) is 17.0 Å². The molecule has 6 nitrogen and oxygen atoms in total. The Bertz CT molecular complexity index is 1080. The maximum absolute atomic E-state index is 12.8. The number of hydrogen-bond acceptors (Lipinski definition) is 6. The summed E-state index contributed by atoms with van der Waals surface area (Å²) in [5.41, 5.74) is 2.71. The highest BCUT2D eigenvalue weighted by Gasteiger charge is 2.34. The summed E-state index contributed by atoms with van der Waals surface area (Å²) in [5.74, 6) is -1.000. The molecule has 0 aliphatic carbocycles. The average Bonchev–Trinajstić information content (AvgIpc) is 3.16. The Morgan fingerprint density at radius 1 is 1.20 bits per heavy atom. The van der Waals surface area contributed by atoms with Crippen molar-refractivity contribution in [2.75, 3.05) is 10.7 Å². The van der Waals surface area contributed by atoms with Crippen LogP contribution in [0, 0.1) is 0 Å². The summed E-state index contributed by atoms with van der Waals surface area (Å²) in [6.07, 6.45) is 0.730. The number of amides is 1. The van der Waals surface area contributed by atoms with E-state index < -0.39 is 21.5 Å². The number of hydrogen-bond donors (Lipinski definition) is 0. The van der Waals surface area contributed by atoms with E-state index in [1.165, 1.54) is 6.07 Å². The number of fused-ring (bicyclic) bond motifs is 2. The molecule has 0 unspecified atom stereocenters. The fourth-order valence-electron chi connectivity index (χ4n) is 3.29. The molecular formula is C17H15N3O3S2. The van der Waals surface area contributed by atoms with E-state index in [4.69, 9.17) is 0 Å². The monoisotopic (exact) mass is 373 g/mol. The third kappa shape index (κ3) is 2.71. The Kier molecular flexibility index (Phi) is 3.81. The Labute approximate surface area is 149 Å². The molecule has 0 N–H and O–H groups in total. The zero-order valence-electron chi connectivity index (χ0n) is 13.4. The Morgan fingerprint density at radius 3 is 2.84 bits per heavy atom. The summed E-state index contributed by atoms with van der Waals surface area (Å²) in [5, 5.41) is 0. The van der Waals surface area contributed by atoms with Gasteiger partial charge in [0.05, 0.1) is 16.6 Å². The van der Waals surface area contributed by atoms with E-state index in [0.717, 1.165) is 29.4 Å². The van der Waals surface area contributed by atoms with E-state index in [2.05, 4.69) is 8.75 Å². The zero-order valence-corrected chi connectivity index (χ0v) is 15.0. The van der Waals surface area contributed by atoms with Crippen LogP contribution >= 0.6 is 11.7 Å². The Morgan fingerprint density at radius 2 is 2.00 bits per heavy atom. The molecule has 0 radical (unpaired) electrons. The molecule has 1 atom stereocenters. The highest BCUT2D eigenvalue weighted by Crippen LogP contribution is 2.32. The molecule has 1 aliphatic rings. The molecule has 0 saturated heterocycles. The lowest BCUT2D eigenvalue weighted by atomic mass is 10.1. The largest absolute Gasteiger partial charge is 0.308 e. The minimum absolute atomic E-state index is 0.0585. The maximum atomic E-state index is 12.8. The van der Waals surface area contributed by atoms with Crippen LogP contribution in [0.2, 0.25) is 0 Å². The summed E-state index contributed by atoms with van der Waals surface area (Å²) in [6, 6.07) is 12.3. The molecule has 2 heterocycles. The van der Waals surface area contributed by atoms with Crippen molar-refractivity contribution < 1.29 is 13.2 Å². The van der Waals surface area contributed by atoms with Crippen LogP contribution in [0.4, 0.5) is 5.69 Å². The molecule has 1 aliphatic heterocycles. The number of benzene rings is 2. The van der Waals surface area contributed by atoms with Gasteiger partial charge in [-0.25, -0.2) is 8.42 Å². The van der Waals surface area contributed by atoms with Crippen LogP contribution in [0.3, 0.4) is 0 Å². The van der Waals surface area contributed by atoms with Gasteiger partial charge >= 0.3 is 0 Å². The molecule has 4 rings (SSSR count). The van der Waals surface area contributed by atoms with Crippen molar-refractivity contribution in [3.8, 4) is 0 Å². The molecule has 0 spiro atoms. The summed E-state index contributed by atoms with van der Waals surface area (Å²) in [4.78, 5) is 14.4. The van der Waals surface area contributed by atoms with Crippen molar-refractivity contribution in [1.82, 2.24) is 8.75 Å². The molecule has 128 valence electrons. The van der Waals surface area contributed by atoms with Crippen LogP contribution in [0.5, 0.6) is 0 Å². The topological polar surface area (TPSA) is 80.2 Å². The summed E-state index contributed by atoms with van der Waals surface area (Å²) >= 11 is 0.959. The first kappa shape index (κ1) is 16.2. The van der Waals surface area contributed by atoms with Gasteiger partial charge in [-0.1, -0.05) is 24.3 Å². The standard InChI is InChI=1S/C17H15N3O3S2/c1-11-9-12-5-2-3-7-14(12)20(11)16(21)10-25(22,23)15-8-4-6-13-17(15)19-24-18-13/h2-8,11H,9-10H2,1H3/t11-/m1/s1. The summed E-state index contributed by atoms with van der Waals surface area (Å²) in [7, 11) is -3.81. The third-order valence-electron chi connectivity index (χ3n) is 4.37. The van der Waals surface area contributed by atoms with E-state index in [0.29, 0.717) is 11.0 Å². The highest BCUT2D eigenvalue weighted by molar-refractivity contribution is 7.92. The number of carbonyl (C=O) groups is 1. The Hall–Kier alpha value is -2.32. The van der Waals surface area contributed by atoms with Crippen molar-refractivity contribution in [2.24, 2.45) is 0 Å².